The highest BCUT2D eigenvalue weighted by Gasteiger charge is 2.55. The molecule has 29 heavy (non-hydrogen) atoms. The Morgan fingerprint density at radius 1 is 1.00 bits per heavy atom. The van der Waals surface area contributed by atoms with Gasteiger partial charge < -0.3 is 4.52 Å². The van der Waals surface area contributed by atoms with Crippen LogP contribution in [0.1, 0.15) is 11.5 Å². The van der Waals surface area contributed by atoms with Crippen molar-refractivity contribution in [3.8, 4) is 11.4 Å². The van der Waals surface area contributed by atoms with E-state index in [4.69, 9.17) is 4.52 Å². The number of amides is 2. The van der Waals surface area contributed by atoms with Gasteiger partial charge in [0.2, 0.25) is 11.7 Å². The Hall–Kier alpha value is -3.88. The van der Waals surface area contributed by atoms with Crippen LogP contribution in [0.4, 0.5) is 5.69 Å². The summed E-state index contributed by atoms with van der Waals surface area (Å²) in [5.74, 6) is -0.0104. The van der Waals surface area contributed by atoms with Crippen LogP contribution < -0.4 is 4.90 Å². The van der Waals surface area contributed by atoms with Crippen LogP contribution in [0.25, 0.3) is 11.4 Å². The molecule has 3 heterocycles. The highest BCUT2D eigenvalue weighted by molar-refractivity contribution is 6.25. The van der Waals surface area contributed by atoms with Gasteiger partial charge in [0.05, 0.1) is 5.69 Å². The molecule has 144 valence electrons. The van der Waals surface area contributed by atoms with E-state index in [9.17, 15) is 9.59 Å². The van der Waals surface area contributed by atoms with Crippen molar-refractivity contribution in [2.24, 2.45) is 10.3 Å². The number of hydrogen-bond donors (Lipinski definition) is 0. The molecule has 9 nitrogen and oxygen atoms in total. The number of para-hydroxylation sites is 1. The monoisotopic (exact) mass is 388 g/mol. The maximum Gasteiger partial charge on any atom is 0.263 e. The minimum Gasteiger partial charge on any atom is -0.337 e. The predicted octanol–water partition coefficient (Wildman–Crippen LogP) is 2.54. The molecule has 0 saturated carbocycles. The van der Waals surface area contributed by atoms with Gasteiger partial charge >= 0.3 is 0 Å². The second-order valence-electron chi connectivity index (χ2n) is 6.92. The highest BCUT2D eigenvalue weighted by Crippen LogP contribution is 2.32. The zero-order chi connectivity index (χ0) is 20.0. The minimum absolute atomic E-state index is 0.0885. The standard InChI is InChI=1S/C20H16N6O3/c1-12-7-9-13(10-8-12)18-21-15(29-23-18)11-25-17-16(22-24-25)19(27)26(20(17)28)14-5-3-2-4-6-14/h2-10,16-17H,11H2,1H3/t16-,17+/m0/s1. The Morgan fingerprint density at radius 3 is 2.52 bits per heavy atom. The zero-order valence-corrected chi connectivity index (χ0v) is 15.5. The van der Waals surface area contributed by atoms with Gasteiger partial charge in [-0.05, 0) is 19.1 Å². The van der Waals surface area contributed by atoms with Crippen LogP contribution in [0.15, 0.2) is 69.5 Å². The SMILES string of the molecule is Cc1ccc(-c2noc(CN3N=N[C@@H]4C(=O)N(c5ccccc5)C(=O)[C@@H]43)n2)cc1. The van der Waals surface area contributed by atoms with Gasteiger partial charge in [-0.2, -0.15) is 10.1 Å². The van der Waals surface area contributed by atoms with Gasteiger partial charge in [-0.25, -0.2) is 4.90 Å². The summed E-state index contributed by atoms with van der Waals surface area (Å²) in [6, 6.07) is 14.9. The maximum absolute atomic E-state index is 12.9. The summed E-state index contributed by atoms with van der Waals surface area (Å²) in [6.45, 7) is 2.09. The fraction of sp³-hybridized carbons (Fsp3) is 0.200. The number of rotatable bonds is 4. The molecule has 3 aromatic rings. The number of aryl methyl sites for hydroxylation is 1. The van der Waals surface area contributed by atoms with Crippen LogP contribution in [-0.2, 0) is 16.1 Å². The van der Waals surface area contributed by atoms with Crippen molar-refractivity contribution in [1.29, 1.82) is 0 Å². The average molecular weight is 388 g/mol. The second kappa shape index (κ2) is 6.62. The average Bonchev–Trinajstić information content (AvgIpc) is 3.42. The summed E-state index contributed by atoms with van der Waals surface area (Å²) in [5, 5.41) is 13.4. The van der Waals surface area contributed by atoms with Crippen LogP contribution >= 0.6 is 0 Å². The predicted molar refractivity (Wildman–Crippen MR) is 101 cm³/mol. The first-order valence-electron chi connectivity index (χ1n) is 9.12. The van der Waals surface area contributed by atoms with Crippen LogP contribution in [-0.4, -0.2) is 39.0 Å². The van der Waals surface area contributed by atoms with Gasteiger partial charge in [0, 0.05) is 5.56 Å². The molecule has 0 aliphatic carbocycles. The number of benzene rings is 2. The molecule has 0 bridgehead atoms. The molecule has 0 N–H and O–H groups in total. The third kappa shape index (κ3) is 2.87. The molecule has 1 fully saturated rings. The molecule has 2 aliphatic heterocycles. The lowest BCUT2D eigenvalue weighted by Crippen LogP contribution is -2.39. The Morgan fingerprint density at radius 2 is 1.76 bits per heavy atom. The van der Waals surface area contributed by atoms with Gasteiger partial charge in [0.15, 0.2) is 12.1 Å². The molecule has 1 aromatic heterocycles. The van der Waals surface area contributed by atoms with Crippen molar-refractivity contribution in [2.75, 3.05) is 4.90 Å². The van der Waals surface area contributed by atoms with Crippen LogP contribution in [0.2, 0.25) is 0 Å². The first kappa shape index (κ1) is 17.2. The summed E-state index contributed by atoms with van der Waals surface area (Å²) in [4.78, 5) is 31.2. The van der Waals surface area contributed by atoms with Gasteiger partial charge in [0.1, 0.15) is 6.54 Å². The Bertz CT molecular complexity index is 1110. The highest BCUT2D eigenvalue weighted by atomic mass is 16.5. The second-order valence-corrected chi connectivity index (χ2v) is 6.92. The fourth-order valence-corrected chi connectivity index (χ4v) is 3.46. The minimum atomic E-state index is -0.859. The van der Waals surface area contributed by atoms with E-state index in [1.165, 1.54) is 5.01 Å². The summed E-state index contributed by atoms with van der Waals surface area (Å²) in [7, 11) is 0. The van der Waals surface area contributed by atoms with E-state index in [1.807, 2.05) is 37.3 Å². The van der Waals surface area contributed by atoms with E-state index in [-0.39, 0.29) is 18.4 Å². The smallest absolute Gasteiger partial charge is 0.263 e. The van der Waals surface area contributed by atoms with E-state index in [0.717, 1.165) is 16.0 Å². The lowest BCUT2D eigenvalue weighted by Gasteiger charge is -2.19. The van der Waals surface area contributed by atoms with Gasteiger partial charge in [-0.1, -0.05) is 58.4 Å². The van der Waals surface area contributed by atoms with Crippen molar-refractivity contribution in [3.05, 3.63) is 66.1 Å². The number of carbonyl (C=O) groups is 2. The number of nitrogens with zero attached hydrogens (tertiary/aromatic N) is 6. The number of hydrogen-bond acceptors (Lipinski definition) is 8. The molecule has 2 aromatic carbocycles. The Kier molecular flexibility index (Phi) is 3.94. The zero-order valence-electron chi connectivity index (χ0n) is 15.5. The molecule has 0 spiro atoms. The number of imide groups is 1. The van der Waals surface area contributed by atoms with Crippen molar-refractivity contribution in [2.45, 2.75) is 25.6 Å². The lowest BCUT2D eigenvalue weighted by molar-refractivity contribution is -0.123. The molecule has 2 aliphatic rings. The molecule has 2 atom stereocenters. The summed E-state index contributed by atoms with van der Waals surface area (Å²) in [5.41, 5.74) is 2.48. The first-order valence-corrected chi connectivity index (χ1v) is 9.12. The Labute approximate surface area is 165 Å². The van der Waals surface area contributed by atoms with E-state index < -0.39 is 12.1 Å². The molecular weight excluding hydrogens is 372 g/mol. The Balaban J connectivity index is 1.36. The van der Waals surface area contributed by atoms with Gasteiger partial charge in [-0.3, -0.25) is 14.6 Å². The topological polar surface area (TPSA) is 104 Å². The number of carbonyl (C=O) groups excluding carboxylic acids is 2. The lowest BCUT2D eigenvalue weighted by atomic mass is 10.1. The molecule has 9 heteroatoms. The van der Waals surface area contributed by atoms with Crippen LogP contribution in [0, 0.1) is 6.92 Å². The van der Waals surface area contributed by atoms with Crippen LogP contribution in [0.3, 0.4) is 0 Å². The van der Waals surface area contributed by atoms with E-state index in [2.05, 4.69) is 20.5 Å². The normalized spacial score (nSPS) is 20.6. The van der Waals surface area contributed by atoms with E-state index in [1.54, 1.807) is 24.3 Å². The molecule has 5 rings (SSSR count). The van der Waals surface area contributed by atoms with Gasteiger partial charge in [0.25, 0.3) is 11.8 Å². The largest absolute Gasteiger partial charge is 0.337 e. The van der Waals surface area contributed by atoms with E-state index in [0.29, 0.717) is 17.4 Å². The molecule has 0 radical (unpaired) electrons. The maximum atomic E-state index is 12.9. The van der Waals surface area contributed by atoms with E-state index >= 15 is 0 Å². The number of fused-ring (bicyclic) bond motifs is 1. The van der Waals surface area contributed by atoms with Crippen molar-refractivity contribution < 1.29 is 14.1 Å². The first-order chi connectivity index (χ1) is 14.1. The summed E-state index contributed by atoms with van der Waals surface area (Å²) in [6.07, 6.45) is 0. The molecular formula is C20H16N6O3. The summed E-state index contributed by atoms with van der Waals surface area (Å²) >= 11 is 0. The number of anilines is 1. The number of aromatic nitrogens is 2. The van der Waals surface area contributed by atoms with Crippen molar-refractivity contribution in [3.63, 3.8) is 0 Å². The van der Waals surface area contributed by atoms with Crippen molar-refractivity contribution >= 4 is 17.5 Å². The third-order valence-corrected chi connectivity index (χ3v) is 4.95. The van der Waals surface area contributed by atoms with Crippen LogP contribution in [0.5, 0.6) is 0 Å². The fourth-order valence-electron chi connectivity index (χ4n) is 3.46. The summed E-state index contributed by atoms with van der Waals surface area (Å²) < 4.78 is 5.32. The molecule has 0 unspecified atom stereocenters. The van der Waals surface area contributed by atoms with Gasteiger partial charge in [-0.15, -0.1) is 0 Å². The molecule has 1 saturated heterocycles. The molecule has 2 amide bonds. The third-order valence-electron chi connectivity index (χ3n) is 4.95. The van der Waals surface area contributed by atoms with Crippen molar-refractivity contribution in [1.82, 2.24) is 15.1 Å². The quantitative estimate of drug-likeness (QED) is 0.636.